The number of hydrogen-bond acceptors (Lipinski definition) is 15. The van der Waals surface area contributed by atoms with Crippen LogP contribution in [0.1, 0.15) is 53.1 Å². The summed E-state index contributed by atoms with van der Waals surface area (Å²) >= 11 is 0. The van der Waals surface area contributed by atoms with Gasteiger partial charge in [0.2, 0.25) is 0 Å². The molecule has 21 nitrogen and oxygen atoms in total. The van der Waals surface area contributed by atoms with Crippen LogP contribution in [0, 0.1) is 13.8 Å². The van der Waals surface area contributed by atoms with E-state index in [1.54, 1.807) is 53.3 Å². The summed E-state index contributed by atoms with van der Waals surface area (Å²) in [6.07, 6.45) is -7.10. The van der Waals surface area contributed by atoms with Gasteiger partial charge in [-0.05, 0) is 54.8 Å². The van der Waals surface area contributed by atoms with Crippen LogP contribution in [-0.4, -0.2) is 83.6 Å². The highest BCUT2D eigenvalue weighted by molar-refractivity contribution is 7.85. The zero-order valence-electron chi connectivity index (χ0n) is 34.6. The molecule has 0 saturated carbocycles. The number of aromatic nitrogens is 4. The predicted octanol–water partition coefficient (Wildman–Crippen LogP) is 2.09. The fourth-order valence-electron chi connectivity index (χ4n) is 7.63. The van der Waals surface area contributed by atoms with E-state index < -0.39 is 96.0 Å². The molecule has 5 aromatic rings. The molecule has 1 amide bonds. The number of H-pyrrole nitrogens is 2. The van der Waals surface area contributed by atoms with Crippen LogP contribution in [0.25, 0.3) is 0 Å². The van der Waals surface area contributed by atoms with E-state index in [4.69, 9.17) is 32.4 Å². The number of aryl methyl sites for hydroxylation is 2. The van der Waals surface area contributed by atoms with E-state index in [0.717, 1.165) is 15.3 Å². The molecule has 4 N–H and O–H groups in total. The molecular formula is C41H43N5O16PS+. The highest BCUT2D eigenvalue weighted by Crippen LogP contribution is 2.43. The number of benzene rings is 3. The Kier molecular flexibility index (Phi) is 13.6. The monoisotopic (exact) mass is 924 g/mol. The lowest BCUT2D eigenvalue weighted by atomic mass is 9.80. The lowest BCUT2D eigenvalue weighted by Crippen LogP contribution is -2.46. The van der Waals surface area contributed by atoms with Crippen LogP contribution in [0.5, 0.6) is 11.5 Å². The largest absolute Gasteiger partial charge is 0.695 e. The molecule has 3 aromatic carbocycles. The number of amides is 1. The predicted molar refractivity (Wildman–Crippen MR) is 224 cm³/mol. The summed E-state index contributed by atoms with van der Waals surface area (Å²) in [6.45, 7) is 2.46. The second-order valence-electron chi connectivity index (χ2n) is 14.8. The van der Waals surface area contributed by atoms with Crippen molar-refractivity contribution in [3.8, 4) is 11.5 Å². The average molecular weight is 925 g/mol. The first-order valence-corrected chi connectivity index (χ1v) is 22.1. The third-order valence-electron chi connectivity index (χ3n) is 10.8. The molecular weight excluding hydrogens is 882 g/mol. The summed E-state index contributed by atoms with van der Waals surface area (Å²) in [7, 11) is -5.44. The van der Waals surface area contributed by atoms with Crippen molar-refractivity contribution in [3.05, 3.63) is 161 Å². The normalized spacial score (nSPS) is 21.4. The molecule has 0 bridgehead atoms. The molecule has 1 unspecified atom stereocenters. The van der Waals surface area contributed by atoms with Crippen molar-refractivity contribution >= 4 is 24.5 Å². The van der Waals surface area contributed by atoms with Crippen molar-refractivity contribution in [1.29, 1.82) is 0 Å². The fraction of sp³-hybridized carbons (Fsp3) is 0.341. The minimum atomic E-state index is -5.14. The van der Waals surface area contributed by atoms with E-state index in [2.05, 4.69) is 9.97 Å². The summed E-state index contributed by atoms with van der Waals surface area (Å²) in [5.41, 5.74) is -2.38. The van der Waals surface area contributed by atoms with Crippen LogP contribution in [0.2, 0.25) is 0 Å². The quantitative estimate of drug-likeness (QED) is 0.0815. The maximum Gasteiger partial charge on any atom is 0.695 e. The number of nitrogens with one attached hydrogen (secondary N) is 3. The Balaban J connectivity index is 1.22. The number of methoxy groups -OCH3 is 2. The van der Waals surface area contributed by atoms with Crippen LogP contribution in [0.3, 0.4) is 0 Å². The number of nitrogens with zero attached hydrogens (tertiary/aromatic N) is 2. The van der Waals surface area contributed by atoms with Crippen LogP contribution in [0.15, 0.2) is 110 Å². The zero-order chi connectivity index (χ0) is 45.9. The van der Waals surface area contributed by atoms with Gasteiger partial charge in [0.05, 0.1) is 20.8 Å². The third kappa shape index (κ3) is 9.68. The van der Waals surface area contributed by atoms with Crippen molar-refractivity contribution < 1.29 is 55.1 Å². The van der Waals surface area contributed by atoms with Gasteiger partial charge in [-0.2, -0.15) is 8.42 Å². The van der Waals surface area contributed by atoms with Gasteiger partial charge in [-0.1, -0.05) is 54.6 Å². The van der Waals surface area contributed by atoms with Crippen molar-refractivity contribution in [2.45, 2.75) is 69.2 Å². The Hall–Kier alpha value is -6.10. The van der Waals surface area contributed by atoms with Gasteiger partial charge < -0.3 is 23.7 Å². The van der Waals surface area contributed by atoms with E-state index in [1.807, 2.05) is 30.3 Å². The van der Waals surface area contributed by atoms with E-state index in [-0.39, 0.29) is 24.0 Å². The van der Waals surface area contributed by atoms with Gasteiger partial charge in [0.1, 0.15) is 41.8 Å². The van der Waals surface area contributed by atoms with Gasteiger partial charge >= 0.3 is 29.9 Å². The Labute approximate surface area is 364 Å². The first kappa shape index (κ1) is 45.9. The second kappa shape index (κ2) is 18.9. The molecule has 0 radical (unpaired) electrons. The summed E-state index contributed by atoms with van der Waals surface area (Å²) in [6, 6.07) is 23.4. The Morgan fingerprint density at radius 2 is 1.27 bits per heavy atom. The molecule has 2 aliphatic rings. The Bertz CT molecular complexity index is 2820. The van der Waals surface area contributed by atoms with E-state index in [9.17, 15) is 41.8 Å². The first-order valence-electron chi connectivity index (χ1n) is 19.5. The highest BCUT2D eigenvalue weighted by atomic mass is 32.2. The molecule has 23 heteroatoms. The number of ether oxygens (including phenoxy) is 5. The molecule has 2 aromatic heterocycles. The zero-order valence-corrected chi connectivity index (χ0v) is 36.3. The van der Waals surface area contributed by atoms with E-state index in [0.29, 0.717) is 28.2 Å². The summed E-state index contributed by atoms with van der Waals surface area (Å²) in [4.78, 5) is 77.5. The fourth-order valence-corrected chi connectivity index (χ4v) is 9.00. The topological polar surface area (TPSA) is 275 Å². The molecule has 0 aliphatic carbocycles. The van der Waals surface area contributed by atoms with E-state index >= 15 is 0 Å². The van der Waals surface area contributed by atoms with Gasteiger partial charge in [-0.25, -0.2) is 18.5 Å². The van der Waals surface area contributed by atoms with Gasteiger partial charge in [0.25, 0.3) is 17.0 Å². The molecule has 7 rings (SSSR count). The van der Waals surface area contributed by atoms with Gasteiger partial charge in [0.15, 0.2) is 12.2 Å². The van der Waals surface area contributed by atoms with Crippen molar-refractivity contribution in [1.82, 2.24) is 23.8 Å². The average Bonchev–Trinajstić information content (AvgIpc) is 3.87. The van der Waals surface area contributed by atoms with Crippen LogP contribution < -0.4 is 36.7 Å². The number of aromatic amines is 2. The molecule has 2 fully saturated rings. The standard InChI is InChI=1S/C41H42N5O16PS/c1-23-20-45(39(50)42-36(23)47)33-18-30(62-64(54,55)44-38(49)35-31(61-63(52)53)19-34(60-35)46-21-24(2)37(48)43-40(46)51)32(59-33)22-58-41(25-8-6-5-7-9-25,26-10-14-28(56-3)15-11-26)27-12-16-29(57-4)17-13-27/h5-17,20-21,30-35H,18-19,22H2,1-4H3,(H3-,42,43,44,47,48,49,50,51,52,53)/p+1/t30-,31-,32+,33+,34+,35-/m0/s1. The second-order valence-corrected chi connectivity index (χ2v) is 16.8. The third-order valence-corrected chi connectivity index (χ3v) is 12.2. The van der Waals surface area contributed by atoms with Crippen molar-refractivity contribution in [2.24, 2.45) is 0 Å². The maximum absolute atomic E-state index is 13.8. The summed E-state index contributed by atoms with van der Waals surface area (Å²) in [5, 5.41) is 0. The summed E-state index contributed by atoms with van der Waals surface area (Å²) in [5.74, 6) is -0.269. The molecule has 4 heterocycles. The smallest absolute Gasteiger partial charge is 0.497 e. The van der Waals surface area contributed by atoms with Crippen LogP contribution in [-0.2, 0) is 48.2 Å². The molecule has 2 aliphatic heterocycles. The number of rotatable bonds is 16. The maximum atomic E-state index is 13.8. The Morgan fingerprint density at radius 1 is 0.781 bits per heavy atom. The minimum Gasteiger partial charge on any atom is -0.497 e. The molecule has 2 saturated heterocycles. The van der Waals surface area contributed by atoms with Crippen LogP contribution in [0.4, 0.5) is 0 Å². The lowest BCUT2D eigenvalue weighted by Gasteiger charge is -2.37. The van der Waals surface area contributed by atoms with Crippen LogP contribution >= 0.6 is 8.25 Å². The van der Waals surface area contributed by atoms with Gasteiger partial charge in [-0.15, -0.1) is 9.42 Å². The highest BCUT2D eigenvalue weighted by Gasteiger charge is 2.49. The number of carbonyl (C=O) groups excluding carboxylic acids is 1. The number of carbonyl (C=O) groups is 1. The molecule has 7 atom stereocenters. The van der Waals surface area contributed by atoms with Gasteiger partial charge in [0, 0.05) is 40.9 Å². The minimum absolute atomic E-state index is 0.0988. The lowest BCUT2D eigenvalue weighted by molar-refractivity contribution is -0.135. The molecule has 0 spiro atoms. The van der Waals surface area contributed by atoms with Gasteiger partial charge in [-0.3, -0.25) is 33.5 Å². The van der Waals surface area contributed by atoms with Crippen molar-refractivity contribution in [3.63, 3.8) is 0 Å². The molecule has 64 heavy (non-hydrogen) atoms. The Morgan fingerprint density at radius 3 is 1.77 bits per heavy atom. The SMILES string of the molecule is COc1ccc(C(OC[C@H]2O[C@@H](n3cc(C)c(=O)[nH]c3=O)C[C@@H]2OS(=O)(=O)NC(=O)[C@H]2O[C@@H](n3cc(C)c(=O)[nH]c3=O)C[C@@H]2O[P+](=O)O)(c2ccccc2)c2ccc(OC)cc2)cc1. The number of hydrogen-bond donors (Lipinski definition) is 4. The van der Waals surface area contributed by atoms with Crippen molar-refractivity contribution in [2.75, 3.05) is 20.8 Å². The molecule has 338 valence electrons. The van der Waals surface area contributed by atoms with E-state index in [1.165, 1.54) is 34.3 Å². The first-order chi connectivity index (χ1) is 30.5. The summed E-state index contributed by atoms with van der Waals surface area (Å²) < 4.78 is 83.6.